The number of aromatic nitrogens is 2. The molecule has 1 aliphatic rings. The number of fused-ring (bicyclic) bond motifs is 1. The Morgan fingerprint density at radius 3 is 2.44 bits per heavy atom. The number of anilines is 2. The lowest BCUT2D eigenvalue weighted by molar-refractivity contribution is -0.114. The van der Waals surface area contributed by atoms with Crippen LogP contribution in [0.5, 0.6) is 0 Å². The molecule has 27 heavy (non-hydrogen) atoms. The fourth-order valence-electron chi connectivity index (χ4n) is 2.99. The van der Waals surface area contributed by atoms with Crippen LogP contribution >= 0.6 is 0 Å². The molecule has 0 unspecified atom stereocenters. The topological polar surface area (TPSA) is 102 Å². The Morgan fingerprint density at radius 1 is 1.19 bits per heavy atom. The summed E-state index contributed by atoms with van der Waals surface area (Å²) in [5.41, 5.74) is 0.501. The number of Topliss-reactive ketones (excluding diaryl/α,β-unsaturated/α-hetero) is 1. The van der Waals surface area contributed by atoms with Crippen LogP contribution in [0.2, 0.25) is 0 Å². The second-order valence-corrected chi connectivity index (χ2v) is 6.34. The van der Waals surface area contributed by atoms with Crippen LogP contribution in [0.4, 0.5) is 11.5 Å². The Morgan fingerprint density at radius 2 is 1.85 bits per heavy atom. The quantitative estimate of drug-likeness (QED) is 0.798. The first-order valence-corrected chi connectivity index (χ1v) is 8.58. The number of nitrogens with zero attached hydrogens (tertiary/aromatic N) is 2. The summed E-state index contributed by atoms with van der Waals surface area (Å²) in [7, 11) is 1.37. The fourth-order valence-corrected chi connectivity index (χ4v) is 2.99. The van der Waals surface area contributed by atoms with E-state index in [0.29, 0.717) is 24.2 Å². The van der Waals surface area contributed by atoms with Gasteiger partial charge in [0.2, 0.25) is 11.7 Å². The van der Waals surface area contributed by atoms with Gasteiger partial charge in [-0.3, -0.25) is 23.5 Å². The molecular weight excluding hydrogens is 348 g/mol. The average molecular weight is 368 g/mol. The number of hydrogen-bond donors (Lipinski definition) is 2. The molecule has 1 aliphatic heterocycles. The third-order valence-corrected chi connectivity index (χ3v) is 4.26. The van der Waals surface area contributed by atoms with Gasteiger partial charge < -0.3 is 10.6 Å². The van der Waals surface area contributed by atoms with Crippen molar-refractivity contribution in [2.75, 3.05) is 10.6 Å². The molecule has 3 rings (SSSR count). The van der Waals surface area contributed by atoms with E-state index in [1.54, 1.807) is 30.3 Å². The zero-order valence-electron chi connectivity index (χ0n) is 15.3. The Hall–Kier alpha value is -3.42. The molecule has 8 nitrogen and oxygen atoms in total. The molecule has 8 heteroatoms. The molecule has 0 spiro atoms. The number of carbonyl (C=O) groups excluding carboxylic acids is 2. The summed E-state index contributed by atoms with van der Waals surface area (Å²) in [5, 5.41) is 5.60. The monoisotopic (exact) mass is 368 g/mol. The predicted octanol–water partition coefficient (Wildman–Crippen LogP) is 1.56. The zero-order valence-corrected chi connectivity index (χ0v) is 15.3. The van der Waals surface area contributed by atoms with Crippen molar-refractivity contribution in [3.8, 4) is 0 Å². The van der Waals surface area contributed by atoms with Crippen molar-refractivity contribution in [1.82, 2.24) is 9.13 Å². The second kappa shape index (κ2) is 7.06. The highest BCUT2D eigenvalue weighted by molar-refractivity contribution is 6.19. The van der Waals surface area contributed by atoms with E-state index in [1.165, 1.54) is 18.5 Å². The van der Waals surface area contributed by atoms with Crippen molar-refractivity contribution in [3.05, 3.63) is 61.9 Å². The Labute approximate surface area is 155 Å². The van der Waals surface area contributed by atoms with Crippen LogP contribution < -0.4 is 21.9 Å². The van der Waals surface area contributed by atoms with Gasteiger partial charge in [0.1, 0.15) is 11.4 Å². The van der Waals surface area contributed by atoms with Gasteiger partial charge in [0.25, 0.3) is 5.56 Å². The highest BCUT2D eigenvalue weighted by Crippen LogP contribution is 2.26. The first kappa shape index (κ1) is 18.4. The van der Waals surface area contributed by atoms with Gasteiger partial charge in [0.15, 0.2) is 0 Å². The summed E-state index contributed by atoms with van der Waals surface area (Å²) in [4.78, 5) is 48.6. The van der Waals surface area contributed by atoms with E-state index in [1.807, 2.05) is 6.92 Å². The highest BCUT2D eigenvalue weighted by atomic mass is 16.2. The third-order valence-electron chi connectivity index (χ3n) is 4.26. The van der Waals surface area contributed by atoms with E-state index in [0.717, 1.165) is 4.57 Å². The maximum absolute atomic E-state index is 12.7. The van der Waals surface area contributed by atoms with Crippen LogP contribution in [0.15, 0.2) is 39.6 Å². The van der Waals surface area contributed by atoms with Crippen LogP contribution in [0, 0.1) is 0 Å². The maximum atomic E-state index is 12.7. The third kappa shape index (κ3) is 3.33. The average Bonchev–Trinajstić information content (AvgIpc) is 2.94. The number of ketones is 1. The SMILES string of the molecule is CCCn1c2c(c(=O)n(C)c1=O)C(=O)/C(=C/c1ccc(NC(C)=O)cc1)N2. The van der Waals surface area contributed by atoms with E-state index in [-0.39, 0.29) is 23.0 Å². The molecule has 0 saturated heterocycles. The fraction of sp³-hybridized carbons (Fsp3) is 0.263. The first-order valence-electron chi connectivity index (χ1n) is 8.58. The normalized spacial score (nSPS) is 14.2. The van der Waals surface area contributed by atoms with Gasteiger partial charge in [-0.15, -0.1) is 0 Å². The summed E-state index contributed by atoms with van der Waals surface area (Å²) in [5.74, 6) is -0.369. The molecule has 1 aromatic heterocycles. The first-order chi connectivity index (χ1) is 12.8. The van der Waals surface area contributed by atoms with E-state index < -0.39 is 17.0 Å². The van der Waals surface area contributed by atoms with Gasteiger partial charge in [-0.05, 0) is 30.2 Å². The minimum absolute atomic E-state index is 0.0216. The van der Waals surface area contributed by atoms with E-state index in [2.05, 4.69) is 10.6 Å². The number of allylic oxidation sites excluding steroid dienone is 1. The number of nitrogens with one attached hydrogen (secondary N) is 2. The number of hydrogen-bond acceptors (Lipinski definition) is 5. The van der Waals surface area contributed by atoms with Crippen LogP contribution in [0.1, 0.15) is 36.2 Å². The summed E-state index contributed by atoms with van der Waals surface area (Å²) in [6.45, 7) is 3.73. The standard InChI is InChI=1S/C19H20N4O4/c1-4-9-23-17-15(18(26)22(3)19(23)27)16(25)14(21-17)10-12-5-7-13(8-6-12)20-11(2)24/h5-8,10,21H,4,9H2,1-3H3,(H,20,24)/b14-10-. The minimum atomic E-state index is -0.607. The number of rotatable bonds is 4. The van der Waals surface area contributed by atoms with Gasteiger partial charge in [0.05, 0.1) is 5.70 Å². The Kier molecular flexibility index (Phi) is 4.81. The minimum Gasteiger partial charge on any atom is -0.338 e. The second-order valence-electron chi connectivity index (χ2n) is 6.34. The smallest absolute Gasteiger partial charge is 0.332 e. The molecule has 0 radical (unpaired) electrons. The summed E-state index contributed by atoms with van der Waals surface area (Å²) in [6.07, 6.45) is 2.30. The van der Waals surface area contributed by atoms with E-state index >= 15 is 0 Å². The summed E-state index contributed by atoms with van der Waals surface area (Å²) >= 11 is 0. The van der Waals surface area contributed by atoms with E-state index in [9.17, 15) is 19.2 Å². The van der Waals surface area contributed by atoms with Gasteiger partial charge in [-0.2, -0.15) is 0 Å². The van der Waals surface area contributed by atoms with Crippen molar-refractivity contribution < 1.29 is 9.59 Å². The molecule has 1 amide bonds. The Balaban J connectivity index is 2.02. The van der Waals surface area contributed by atoms with Gasteiger partial charge in [-0.1, -0.05) is 19.1 Å². The lowest BCUT2D eigenvalue weighted by Crippen LogP contribution is -2.40. The summed E-state index contributed by atoms with van der Waals surface area (Å²) < 4.78 is 2.37. The number of amides is 1. The molecular formula is C19H20N4O4. The molecule has 0 fully saturated rings. The van der Waals surface area contributed by atoms with Crippen molar-refractivity contribution in [2.24, 2.45) is 7.05 Å². The highest BCUT2D eigenvalue weighted by Gasteiger charge is 2.32. The number of carbonyl (C=O) groups is 2. The molecule has 2 aromatic rings. The van der Waals surface area contributed by atoms with Crippen LogP contribution in [-0.4, -0.2) is 20.8 Å². The van der Waals surface area contributed by atoms with Crippen LogP contribution in [-0.2, 0) is 18.4 Å². The lowest BCUT2D eigenvalue weighted by atomic mass is 10.1. The van der Waals surface area contributed by atoms with Crippen molar-refractivity contribution in [2.45, 2.75) is 26.8 Å². The molecule has 2 heterocycles. The van der Waals surface area contributed by atoms with Crippen molar-refractivity contribution in [3.63, 3.8) is 0 Å². The zero-order chi connectivity index (χ0) is 19.7. The maximum Gasteiger partial charge on any atom is 0.332 e. The molecule has 1 aromatic carbocycles. The molecule has 2 N–H and O–H groups in total. The van der Waals surface area contributed by atoms with Gasteiger partial charge >= 0.3 is 5.69 Å². The van der Waals surface area contributed by atoms with E-state index in [4.69, 9.17) is 0 Å². The number of benzene rings is 1. The van der Waals surface area contributed by atoms with Crippen LogP contribution in [0.3, 0.4) is 0 Å². The molecule has 0 aliphatic carbocycles. The Bertz CT molecular complexity index is 1070. The van der Waals surface area contributed by atoms with Crippen molar-refractivity contribution >= 4 is 29.3 Å². The molecule has 0 saturated carbocycles. The molecule has 140 valence electrons. The predicted molar refractivity (Wildman–Crippen MR) is 103 cm³/mol. The molecule has 0 bridgehead atoms. The molecule has 0 atom stereocenters. The lowest BCUT2D eigenvalue weighted by Gasteiger charge is -2.11. The van der Waals surface area contributed by atoms with Crippen molar-refractivity contribution in [1.29, 1.82) is 0 Å². The van der Waals surface area contributed by atoms with Gasteiger partial charge in [-0.25, -0.2) is 4.79 Å². The van der Waals surface area contributed by atoms with Crippen LogP contribution in [0.25, 0.3) is 6.08 Å². The van der Waals surface area contributed by atoms with Gasteiger partial charge in [0, 0.05) is 26.2 Å². The summed E-state index contributed by atoms with van der Waals surface area (Å²) in [6, 6.07) is 6.92. The largest absolute Gasteiger partial charge is 0.338 e.